The number of para-hydroxylation sites is 1. The molecule has 0 unspecified atom stereocenters. The van der Waals surface area contributed by atoms with Crippen molar-refractivity contribution in [3.05, 3.63) is 77.5 Å². The Morgan fingerprint density at radius 1 is 1.04 bits per heavy atom. The lowest BCUT2D eigenvalue weighted by Crippen LogP contribution is -2.31. The van der Waals surface area contributed by atoms with Gasteiger partial charge in [0.05, 0.1) is 11.6 Å². The Labute approximate surface area is 152 Å². The third kappa shape index (κ3) is 4.25. The highest BCUT2D eigenvalue weighted by Crippen LogP contribution is 2.14. The second-order valence-electron chi connectivity index (χ2n) is 6.17. The third-order valence-corrected chi connectivity index (χ3v) is 4.10. The summed E-state index contributed by atoms with van der Waals surface area (Å²) in [6, 6.07) is 18.6. The van der Waals surface area contributed by atoms with Crippen LogP contribution in [0, 0.1) is 6.92 Å². The highest BCUT2D eigenvalue weighted by atomic mass is 16.5. The molecule has 1 heterocycles. The van der Waals surface area contributed by atoms with Gasteiger partial charge in [-0.05, 0) is 31.5 Å². The summed E-state index contributed by atoms with van der Waals surface area (Å²) in [5.41, 5.74) is 3.04. The van der Waals surface area contributed by atoms with Crippen molar-refractivity contribution < 1.29 is 14.3 Å². The van der Waals surface area contributed by atoms with Gasteiger partial charge in [0.25, 0.3) is 5.91 Å². The Hall–Kier alpha value is -3.21. The summed E-state index contributed by atoms with van der Waals surface area (Å²) in [6.45, 7) is 3.55. The first-order valence-electron chi connectivity index (χ1n) is 8.42. The zero-order chi connectivity index (χ0) is 18.5. The molecular weight excluding hydrogens is 328 g/mol. The monoisotopic (exact) mass is 348 g/mol. The molecule has 0 radical (unpaired) electrons. The lowest BCUT2D eigenvalue weighted by Gasteiger charge is -2.14. The molecule has 0 aliphatic heterocycles. The summed E-state index contributed by atoms with van der Waals surface area (Å²) in [4.78, 5) is 28.4. The Kier molecular flexibility index (Phi) is 5.27. The van der Waals surface area contributed by atoms with Gasteiger partial charge >= 0.3 is 5.97 Å². The van der Waals surface area contributed by atoms with Gasteiger partial charge in [-0.2, -0.15) is 0 Å². The normalized spacial score (nSPS) is 11.8. The minimum absolute atomic E-state index is 0.166. The van der Waals surface area contributed by atoms with E-state index in [1.54, 1.807) is 12.1 Å². The van der Waals surface area contributed by atoms with E-state index in [1.807, 2.05) is 62.4 Å². The number of carbonyl (C=O) groups excluding carboxylic acids is 2. The molecule has 1 N–H and O–H groups in total. The van der Waals surface area contributed by atoms with Crippen molar-refractivity contribution in [1.29, 1.82) is 0 Å². The Morgan fingerprint density at radius 3 is 2.54 bits per heavy atom. The highest BCUT2D eigenvalue weighted by molar-refractivity contribution is 5.92. The van der Waals surface area contributed by atoms with E-state index < -0.39 is 5.97 Å². The first-order chi connectivity index (χ1) is 12.5. The number of aromatic nitrogens is 1. The summed E-state index contributed by atoms with van der Waals surface area (Å²) in [5, 5.41) is 3.75. The van der Waals surface area contributed by atoms with Gasteiger partial charge in [-0.15, -0.1) is 0 Å². The summed E-state index contributed by atoms with van der Waals surface area (Å²) in [5.74, 6) is -0.971. The van der Waals surface area contributed by atoms with Crippen molar-refractivity contribution in [1.82, 2.24) is 10.3 Å². The summed E-state index contributed by atoms with van der Waals surface area (Å²) < 4.78 is 5.08. The molecule has 1 atom stereocenters. The molecule has 0 fully saturated rings. The van der Waals surface area contributed by atoms with E-state index in [1.165, 1.54) is 0 Å². The van der Waals surface area contributed by atoms with E-state index in [-0.39, 0.29) is 24.2 Å². The zero-order valence-corrected chi connectivity index (χ0v) is 14.7. The number of amides is 1. The van der Waals surface area contributed by atoms with Gasteiger partial charge in [0.1, 0.15) is 5.69 Å². The van der Waals surface area contributed by atoms with E-state index >= 15 is 0 Å². The minimum atomic E-state index is -0.617. The van der Waals surface area contributed by atoms with Crippen LogP contribution in [0.4, 0.5) is 0 Å². The lowest BCUT2D eigenvalue weighted by atomic mass is 10.1. The number of aryl methyl sites for hydroxylation is 1. The Bertz CT molecular complexity index is 935. The maximum Gasteiger partial charge on any atom is 0.357 e. The number of pyridine rings is 1. The van der Waals surface area contributed by atoms with Gasteiger partial charge in [0.15, 0.2) is 6.61 Å². The molecule has 2 aromatic carbocycles. The number of benzene rings is 2. The van der Waals surface area contributed by atoms with Crippen LogP contribution in [0.1, 0.15) is 34.6 Å². The van der Waals surface area contributed by atoms with Gasteiger partial charge in [-0.25, -0.2) is 9.78 Å². The molecule has 5 nitrogen and oxygen atoms in total. The quantitative estimate of drug-likeness (QED) is 0.716. The van der Waals surface area contributed by atoms with Gasteiger partial charge in [0, 0.05) is 5.39 Å². The molecule has 1 amide bonds. The van der Waals surface area contributed by atoms with Crippen LogP contribution in [-0.2, 0) is 9.53 Å². The maximum absolute atomic E-state index is 12.1. The molecular formula is C21H20N2O3. The fourth-order valence-electron chi connectivity index (χ4n) is 2.61. The Balaban J connectivity index is 1.56. The predicted octanol–water partition coefficient (Wildman–Crippen LogP) is 3.58. The van der Waals surface area contributed by atoms with Gasteiger partial charge in [-0.1, -0.05) is 54.1 Å². The summed E-state index contributed by atoms with van der Waals surface area (Å²) in [6.07, 6.45) is 0. The van der Waals surface area contributed by atoms with Crippen molar-refractivity contribution in [3.8, 4) is 0 Å². The molecule has 0 aliphatic carbocycles. The van der Waals surface area contributed by atoms with Crippen molar-refractivity contribution in [2.24, 2.45) is 0 Å². The Morgan fingerprint density at radius 2 is 1.77 bits per heavy atom. The molecule has 0 saturated carbocycles. The van der Waals surface area contributed by atoms with Crippen LogP contribution in [-0.4, -0.2) is 23.5 Å². The minimum Gasteiger partial charge on any atom is -0.451 e. The number of fused-ring (bicyclic) bond motifs is 1. The molecule has 26 heavy (non-hydrogen) atoms. The zero-order valence-electron chi connectivity index (χ0n) is 14.7. The van der Waals surface area contributed by atoms with Gasteiger partial charge in [0.2, 0.25) is 0 Å². The van der Waals surface area contributed by atoms with Crippen LogP contribution in [0.25, 0.3) is 10.9 Å². The van der Waals surface area contributed by atoms with E-state index in [2.05, 4.69) is 10.3 Å². The molecule has 0 spiro atoms. The molecule has 0 bridgehead atoms. The number of carbonyl (C=O) groups is 2. The second-order valence-corrected chi connectivity index (χ2v) is 6.17. The number of hydrogen-bond acceptors (Lipinski definition) is 4. The fraction of sp³-hybridized carbons (Fsp3) is 0.190. The van der Waals surface area contributed by atoms with Gasteiger partial charge in [-0.3, -0.25) is 4.79 Å². The second kappa shape index (κ2) is 7.78. The SMILES string of the molecule is Cc1ccc([C@H](C)NC(=O)COC(=O)c2ccc3ccccc3n2)cc1. The molecule has 1 aromatic heterocycles. The average molecular weight is 348 g/mol. The van der Waals surface area contributed by atoms with Crippen LogP contribution < -0.4 is 5.32 Å². The predicted molar refractivity (Wildman–Crippen MR) is 99.8 cm³/mol. The number of nitrogens with zero attached hydrogens (tertiary/aromatic N) is 1. The summed E-state index contributed by atoms with van der Waals surface area (Å²) in [7, 11) is 0. The van der Waals surface area contributed by atoms with Crippen molar-refractivity contribution >= 4 is 22.8 Å². The lowest BCUT2D eigenvalue weighted by molar-refractivity contribution is -0.124. The van der Waals surface area contributed by atoms with Crippen LogP contribution >= 0.6 is 0 Å². The van der Waals surface area contributed by atoms with Gasteiger partial charge < -0.3 is 10.1 Å². The average Bonchev–Trinajstić information content (AvgIpc) is 2.66. The van der Waals surface area contributed by atoms with Crippen LogP contribution in [0.15, 0.2) is 60.7 Å². The van der Waals surface area contributed by atoms with Crippen LogP contribution in [0.2, 0.25) is 0 Å². The largest absolute Gasteiger partial charge is 0.451 e. The molecule has 0 aliphatic rings. The van der Waals surface area contributed by atoms with Crippen molar-refractivity contribution in [2.45, 2.75) is 19.9 Å². The number of nitrogens with one attached hydrogen (secondary N) is 1. The topological polar surface area (TPSA) is 68.3 Å². The first kappa shape index (κ1) is 17.6. The smallest absolute Gasteiger partial charge is 0.357 e. The third-order valence-electron chi connectivity index (χ3n) is 4.10. The van der Waals surface area contributed by atoms with E-state index in [4.69, 9.17) is 4.74 Å². The number of ether oxygens (including phenoxy) is 1. The molecule has 3 aromatic rings. The number of esters is 1. The van der Waals surface area contributed by atoms with Crippen LogP contribution in [0.5, 0.6) is 0 Å². The van der Waals surface area contributed by atoms with E-state index in [9.17, 15) is 9.59 Å². The van der Waals surface area contributed by atoms with Crippen molar-refractivity contribution in [3.63, 3.8) is 0 Å². The number of rotatable bonds is 5. The van der Waals surface area contributed by atoms with E-state index in [0.717, 1.165) is 16.5 Å². The molecule has 5 heteroatoms. The standard InChI is InChI=1S/C21H20N2O3/c1-14-7-9-16(10-8-14)15(2)22-20(24)13-26-21(25)19-12-11-17-5-3-4-6-18(17)23-19/h3-12,15H,13H2,1-2H3,(H,22,24)/t15-/m0/s1. The fourth-order valence-corrected chi connectivity index (χ4v) is 2.61. The molecule has 132 valence electrons. The van der Waals surface area contributed by atoms with E-state index in [0.29, 0.717) is 5.52 Å². The molecule has 3 rings (SSSR count). The first-order valence-corrected chi connectivity index (χ1v) is 8.42. The molecule has 0 saturated heterocycles. The van der Waals surface area contributed by atoms with Crippen molar-refractivity contribution in [2.75, 3.05) is 6.61 Å². The maximum atomic E-state index is 12.1. The number of hydrogen-bond donors (Lipinski definition) is 1. The highest BCUT2D eigenvalue weighted by Gasteiger charge is 2.14. The van der Waals surface area contributed by atoms with Crippen LogP contribution in [0.3, 0.4) is 0 Å². The summed E-state index contributed by atoms with van der Waals surface area (Å²) >= 11 is 0.